The van der Waals surface area contributed by atoms with Crippen LogP contribution in [0.2, 0.25) is 0 Å². The number of carbonyl (C=O) groups excluding carboxylic acids is 2. The summed E-state index contributed by atoms with van der Waals surface area (Å²) in [7, 11) is 0. The van der Waals surface area contributed by atoms with Crippen molar-refractivity contribution in [3.8, 4) is 11.6 Å². The molecule has 0 atom stereocenters. The van der Waals surface area contributed by atoms with Crippen LogP contribution in [0.3, 0.4) is 0 Å². The first-order valence-corrected chi connectivity index (χ1v) is 9.90. The van der Waals surface area contributed by atoms with Gasteiger partial charge in [-0.15, -0.1) is 10.2 Å². The van der Waals surface area contributed by atoms with Gasteiger partial charge in [0.2, 0.25) is 0 Å². The molecule has 3 rings (SSSR count). The van der Waals surface area contributed by atoms with E-state index in [1.54, 1.807) is 42.7 Å². The minimum Gasteiger partial charge on any atom is -0.461 e. The molecule has 7 nitrogen and oxygen atoms in total. The van der Waals surface area contributed by atoms with Crippen LogP contribution in [-0.2, 0) is 16.1 Å². The fourth-order valence-electron chi connectivity index (χ4n) is 2.30. The number of hydrogen-bond acceptors (Lipinski definition) is 7. The highest BCUT2D eigenvalue weighted by Gasteiger charge is 2.17. The molecule has 9 heteroatoms. The predicted octanol–water partition coefficient (Wildman–Crippen LogP) is 3.84. The molecule has 0 radical (unpaired) electrons. The number of furan rings is 1. The number of rotatable bonds is 8. The molecule has 0 saturated carbocycles. The van der Waals surface area contributed by atoms with Gasteiger partial charge >= 0.3 is 5.97 Å². The van der Waals surface area contributed by atoms with Crippen LogP contribution < -0.4 is 0 Å². The molecule has 0 N–H and O–H groups in total. The number of ketones is 1. The fraction of sp³-hybridized carbons (Fsp3) is 0.222. The molecule has 2 aromatic heterocycles. The van der Waals surface area contributed by atoms with E-state index in [1.165, 1.54) is 11.8 Å². The van der Waals surface area contributed by atoms with Gasteiger partial charge in [0.05, 0.1) is 12.0 Å². The molecular weight excluding hydrogens is 434 g/mol. The Labute approximate surface area is 168 Å². The molecular formula is C18H16BrN3O4S. The van der Waals surface area contributed by atoms with E-state index in [9.17, 15) is 9.59 Å². The first-order chi connectivity index (χ1) is 13.1. The standard InChI is InChI=1S/C18H16BrN3O4S/c1-2-22-17(15-4-3-9-25-15)20-21-18(22)27-11-16(24)26-10-14(23)12-5-7-13(19)8-6-12/h3-9H,2,10-11H2,1H3. The summed E-state index contributed by atoms with van der Waals surface area (Å²) in [6.45, 7) is 2.29. The molecule has 0 amide bonds. The van der Waals surface area contributed by atoms with Crippen LogP contribution in [0.15, 0.2) is 56.7 Å². The van der Waals surface area contributed by atoms with Crippen LogP contribution >= 0.6 is 27.7 Å². The van der Waals surface area contributed by atoms with Gasteiger partial charge in [0, 0.05) is 16.6 Å². The van der Waals surface area contributed by atoms with Crippen molar-refractivity contribution in [2.45, 2.75) is 18.6 Å². The molecule has 3 aromatic rings. The third kappa shape index (κ3) is 4.86. The minimum absolute atomic E-state index is 0.0317. The van der Waals surface area contributed by atoms with Crippen molar-refractivity contribution in [3.05, 3.63) is 52.7 Å². The second-order valence-corrected chi connectivity index (χ2v) is 7.27. The Bertz CT molecular complexity index is 923. The van der Waals surface area contributed by atoms with E-state index in [2.05, 4.69) is 26.1 Å². The summed E-state index contributed by atoms with van der Waals surface area (Å²) < 4.78 is 13.1. The maximum absolute atomic E-state index is 12.0. The highest BCUT2D eigenvalue weighted by molar-refractivity contribution is 9.10. The zero-order valence-electron chi connectivity index (χ0n) is 14.4. The summed E-state index contributed by atoms with van der Waals surface area (Å²) in [4.78, 5) is 24.0. The first-order valence-electron chi connectivity index (χ1n) is 8.12. The van der Waals surface area contributed by atoms with Gasteiger partial charge < -0.3 is 9.15 Å². The van der Waals surface area contributed by atoms with Crippen molar-refractivity contribution in [1.82, 2.24) is 14.8 Å². The normalized spacial score (nSPS) is 10.7. The van der Waals surface area contributed by atoms with E-state index < -0.39 is 5.97 Å². The third-order valence-corrected chi connectivity index (χ3v) is 5.09. The molecule has 0 spiro atoms. The van der Waals surface area contributed by atoms with Crippen molar-refractivity contribution in [2.75, 3.05) is 12.4 Å². The maximum Gasteiger partial charge on any atom is 0.316 e. The number of thioether (sulfide) groups is 1. The second-order valence-electron chi connectivity index (χ2n) is 5.41. The Morgan fingerprint density at radius 1 is 1.22 bits per heavy atom. The van der Waals surface area contributed by atoms with Gasteiger partial charge in [-0.2, -0.15) is 0 Å². The van der Waals surface area contributed by atoms with Crippen molar-refractivity contribution in [3.63, 3.8) is 0 Å². The molecule has 140 valence electrons. The van der Waals surface area contributed by atoms with Gasteiger partial charge in [0.1, 0.15) is 0 Å². The van der Waals surface area contributed by atoms with Gasteiger partial charge in [0.25, 0.3) is 0 Å². The van der Waals surface area contributed by atoms with E-state index in [4.69, 9.17) is 9.15 Å². The number of hydrogen-bond donors (Lipinski definition) is 0. The van der Waals surface area contributed by atoms with Crippen molar-refractivity contribution >= 4 is 39.4 Å². The Balaban J connectivity index is 1.53. The van der Waals surface area contributed by atoms with Gasteiger partial charge in [0.15, 0.2) is 29.1 Å². The smallest absolute Gasteiger partial charge is 0.316 e. The number of esters is 1. The average Bonchev–Trinajstić information content (AvgIpc) is 3.33. The molecule has 0 aliphatic heterocycles. The van der Waals surface area contributed by atoms with Crippen LogP contribution in [0.1, 0.15) is 17.3 Å². The molecule has 0 saturated heterocycles. The minimum atomic E-state index is -0.490. The Kier molecular flexibility index (Phi) is 6.46. The summed E-state index contributed by atoms with van der Waals surface area (Å²) >= 11 is 4.51. The lowest BCUT2D eigenvalue weighted by molar-refractivity contribution is -0.139. The molecule has 27 heavy (non-hydrogen) atoms. The number of ether oxygens (including phenoxy) is 1. The largest absolute Gasteiger partial charge is 0.461 e. The lowest BCUT2D eigenvalue weighted by Gasteiger charge is -2.06. The molecule has 0 bridgehead atoms. The van der Waals surface area contributed by atoms with E-state index in [0.29, 0.717) is 28.8 Å². The molecule has 0 unspecified atom stereocenters. The Hall–Kier alpha value is -2.39. The predicted molar refractivity (Wildman–Crippen MR) is 104 cm³/mol. The highest BCUT2D eigenvalue weighted by atomic mass is 79.9. The van der Waals surface area contributed by atoms with Gasteiger partial charge in [-0.05, 0) is 31.2 Å². The van der Waals surface area contributed by atoms with Crippen LogP contribution in [-0.4, -0.2) is 38.9 Å². The number of aromatic nitrogens is 3. The van der Waals surface area contributed by atoms with E-state index in [0.717, 1.165) is 4.47 Å². The van der Waals surface area contributed by atoms with Gasteiger partial charge in [-0.1, -0.05) is 39.8 Å². The summed E-state index contributed by atoms with van der Waals surface area (Å²) in [5.41, 5.74) is 0.493. The summed E-state index contributed by atoms with van der Waals surface area (Å²) in [6, 6.07) is 10.4. The average molecular weight is 450 g/mol. The topological polar surface area (TPSA) is 87.2 Å². The number of halogens is 1. The fourth-order valence-corrected chi connectivity index (χ4v) is 3.36. The number of Topliss-reactive ketones (excluding diaryl/α,β-unsaturated/α-hetero) is 1. The molecule has 2 heterocycles. The molecule has 1 aromatic carbocycles. The number of nitrogens with zero attached hydrogens (tertiary/aromatic N) is 3. The van der Waals surface area contributed by atoms with Crippen LogP contribution in [0.5, 0.6) is 0 Å². The van der Waals surface area contributed by atoms with Crippen LogP contribution in [0, 0.1) is 0 Å². The lowest BCUT2D eigenvalue weighted by Crippen LogP contribution is -2.15. The monoisotopic (exact) mass is 449 g/mol. The van der Waals surface area contributed by atoms with Crippen molar-refractivity contribution in [1.29, 1.82) is 0 Å². The summed E-state index contributed by atoms with van der Waals surface area (Å²) in [6.07, 6.45) is 1.57. The van der Waals surface area contributed by atoms with E-state index in [1.807, 2.05) is 11.5 Å². The molecule has 0 fully saturated rings. The summed E-state index contributed by atoms with van der Waals surface area (Å²) in [5.74, 6) is 0.500. The Morgan fingerprint density at radius 2 is 2.00 bits per heavy atom. The zero-order chi connectivity index (χ0) is 19.2. The Morgan fingerprint density at radius 3 is 2.67 bits per heavy atom. The summed E-state index contributed by atoms with van der Waals surface area (Å²) in [5, 5.41) is 8.80. The van der Waals surface area contributed by atoms with Gasteiger partial charge in [-0.25, -0.2) is 0 Å². The SMILES string of the molecule is CCn1c(SCC(=O)OCC(=O)c2ccc(Br)cc2)nnc1-c1ccco1. The molecule has 0 aliphatic carbocycles. The third-order valence-electron chi connectivity index (χ3n) is 3.62. The van der Waals surface area contributed by atoms with Crippen molar-refractivity contribution in [2.24, 2.45) is 0 Å². The number of benzene rings is 1. The van der Waals surface area contributed by atoms with E-state index >= 15 is 0 Å². The zero-order valence-corrected chi connectivity index (χ0v) is 16.8. The van der Waals surface area contributed by atoms with Crippen LogP contribution in [0.4, 0.5) is 0 Å². The van der Waals surface area contributed by atoms with E-state index in [-0.39, 0.29) is 18.1 Å². The molecule has 0 aliphatic rings. The quantitative estimate of drug-likeness (QED) is 0.293. The van der Waals surface area contributed by atoms with Crippen molar-refractivity contribution < 1.29 is 18.7 Å². The maximum atomic E-state index is 12.0. The first kappa shape index (κ1) is 19.4. The second kappa shape index (κ2) is 9.01. The highest BCUT2D eigenvalue weighted by Crippen LogP contribution is 2.24. The van der Waals surface area contributed by atoms with Crippen LogP contribution in [0.25, 0.3) is 11.6 Å². The van der Waals surface area contributed by atoms with Gasteiger partial charge in [-0.3, -0.25) is 14.2 Å². The number of carbonyl (C=O) groups is 2. The lowest BCUT2D eigenvalue weighted by atomic mass is 10.1.